The van der Waals surface area contributed by atoms with Gasteiger partial charge in [-0.15, -0.1) is 0 Å². The number of unbranched alkanes of at least 4 members (excludes halogenated alkanes) is 4. The summed E-state index contributed by atoms with van der Waals surface area (Å²) in [6.07, 6.45) is 4.23. The molecule has 0 bridgehead atoms. The minimum Gasteiger partial charge on any atom is -0.444 e. The van der Waals surface area contributed by atoms with Gasteiger partial charge in [-0.3, -0.25) is 9.59 Å². The van der Waals surface area contributed by atoms with Crippen LogP contribution in [-0.4, -0.2) is 46.7 Å². The second kappa shape index (κ2) is 15.9. The zero-order chi connectivity index (χ0) is 30.7. The Kier molecular flexibility index (Phi) is 13.2. The molecule has 2 rings (SSSR count). The van der Waals surface area contributed by atoms with E-state index < -0.39 is 23.8 Å². The fraction of sp³-hybridized carbons (Fsp3) is 0.545. The van der Waals surface area contributed by atoms with Crippen molar-refractivity contribution in [2.75, 3.05) is 17.6 Å². The first kappa shape index (κ1) is 34.2. The van der Waals surface area contributed by atoms with Gasteiger partial charge in [0, 0.05) is 18.0 Å². The Morgan fingerprint density at radius 3 is 2.07 bits per heavy atom. The van der Waals surface area contributed by atoms with E-state index >= 15 is 0 Å². The highest BCUT2D eigenvalue weighted by molar-refractivity contribution is 7.80. The number of para-hydroxylation sites is 1. The molecule has 7 nitrogen and oxygen atoms in total. The maximum atomic E-state index is 14.2. The van der Waals surface area contributed by atoms with Crippen molar-refractivity contribution in [3.8, 4) is 0 Å². The highest BCUT2D eigenvalue weighted by Crippen LogP contribution is 2.30. The predicted molar refractivity (Wildman–Crippen MR) is 171 cm³/mol. The van der Waals surface area contributed by atoms with Gasteiger partial charge in [0.25, 0.3) is 5.91 Å². The standard InChI is InChI=1S/C33H49N3O4S/c1-9-10-11-12-13-20-36(31(38)27(21-41)34-32(39)40-33(6,7)8)29(26-19-15-16-22(2)25(26)5)30(37)35-28-23(3)17-14-18-24(28)4/h14-19,27,29,41H,9-13,20-21H2,1-8H3,(H,34,39)(H,35,37). The van der Waals surface area contributed by atoms with Gasteiger partial charge in [0.15, 0.2) is 0 Å². The van der Waals surface area contributed by atoms with E-state index in [2.05, 4.69) is 30.2 Å². The molecule has 0 heterocycles. The topological polar surface area (TPSA) is 87.7 Å². The van der Waals surface area contributed by atoms with Crippen LogP contribution in [0.15, 0.2) is 36.4 Å². The largest absolute Gasteiger partial charge is 0.444 e. The summed E-state index contributed by atoms with van der Waals surface area (Å²) in [5.74, 6) is -0.611. The van der Waals surface area contributed by atoms with Crippen molar-refractivity contribution in [2.45, 2.75) is 105 Å². The molecule has 2 N–H and O–H groups in total. The molecule has 0 spiro atoms. The van der Waals surface area contributed by atoms with Crippen LogP contribution in [0.4, 0.5) is 10.5 Å². The number of rotatable bonds is 13. The second-order valence-electron chi connectivity index (χ2n) is 11.8. The number of hydrogen-bond acceptors (Lipinski definition) is 5. The minimum absolute atomic E-state index is 0.0580. The summed E-state index contributed by atoms with van der Waals surface area (Å²) >= 11 is 4.41. The van der Waals surface area contributed by atoms with E-state index in [1.807, 2.05) is 64.1 Å². The van der Waals surface area contributed by atoms with Gasteiger partial charge < -0.3 is 20.3 Å². The Bertz CT molecular complexity index is 1170. The summed E-state index contributed by atoms with van der Waals surface area (Å²) in [7, 11) is 0. The average molecular weight is 584 g/mol. The number of amides is 3. The lowest BCUT2D eigenvalue weighted by Gasteiger charge is -2.35. The normalized spacial score (nSPS) is 12.8. The number of ether oxygens (including phenoxy) is 1. The Labute approximate surface area is 252 Å². The lowest BCUT2D eigenvalue weighted by molar-refractivity contribution is -0.140. The van der Waals surface area contributed by atoms with E-state index in [9.17, 15) is 14.4 Å². The predicted octanol–water partition coefficient (Wildman–Crippen LogP) is 7.22. The molecular formula is C33H49N3O4S. The second-order valence-corrected chi connectivity index (χ2v) is 12.1. The Balaban J connectivity index is 2.57. The van der Waals surface area contributed by atoms with Gasteiger partial charge >= 0.3 is 6.09 Å². The van der Waals surface area contributed by atoms with Crippen LogP contribution in [-0.2, 0) is 14.3 Å². The van der Waals surface area contributed by atoms with Crippen LogP contribution in [0.5, 0.6) is 0 Å². The molecule has 0 fully saturated rings. The number of thiol groups is 1. The molecule has 0 aliphatic heterocycles. The lowest BCUT2D eigenvalue weighted by atomic mass is 9.94. The van der Waals surface area contributed by atoms with Crippen molar-refractivity contribution in [1.29, 1.82) is 0 Å². The molecule has 226 valence electrons. The van der Waals surface area contributed by atoms with Gasteiger partial charge in [0.1, 0.15) is 17.7 Å². The van der Waals surface area contributed by atoms with Gasteiger partial charge in [0.2, 0.25) is 5.91 Å². The molecule has 2 aromatic carbocycles. The monoisotopic (exact) mass is 583 g/mol. The number of benzene rings is 2. The number of aryl methyl sites for hydroxylation is 3. The number of hydrogen-bond donors (Lipinski definition) is 3. The van der Waals surface area contributed by atoms with Crippen molar-refractivity contribution >= 4 is 36.2 Å². The fourth-order valence-electron chi connectivity index (χ4n) is 4.81. The molecular weight excluding hydrogens is 534 g/mol. The average Bonchev–Trinajstić information content (AvgIpc) is 2.89. The maximum absolute atomic E-state index is 14.2. The molecule has 2 atom stereocenters. The molecule has 0 radical (unpaired) electrons. The van der Waals surface area contributed by atoms with E-state index in [0.717, 1.165) is 65.6 Å². The third kappa shape index (κ3) is 10.1. The zero-order valence-electron chi connectivity index (χ0n) is 26.1. The number of alkyl carbamates (subject to hydrolysis) is 1. The van der Waals surface area contributed by atoms with E-state index in [-0.39, 0.29) is 17.6 Å². The molecule has 0 saturated heterocycles. The number of nitrogens with zero attached hydrogens (tertiary/aromatic N) is 1. The molecule has 41 heavy (non-hydrogen) atoms. The van der Waals surface area contributed by atoms with Gasteiger partial charge in [-0.2, -0.15) is 12.6 Å². The first-order valence-electron chi connectivity index (χ1n) is 14.6. The van der Waals surface area contributed by atoms with Crippen molar-refractivity contribution in [2.24, 2.45) is 0 Å². The molecule has 2 aromatic rings. The van der Waals surface area contributed by atoms with E-state index in [1.54, 1.807) is 25.7 Å². The van der Waals surface area contributed by atoms with Crippen LogP contribution in [0.25, 0.3) is 0 Å². The first-order valence-corrected chi connectivity index (χ1v) is 15.3. The van der Waals surface area contributed by atoms with Crippen molar-refractivity contribution in [1.82, 2.24) is 10.2 Å². The maximum Gasteiger partial charge on any atom is 0.408 e. The number of anilines is 1. The van der Waals surface area contributed by atoms with Gasteiger partial charge in [-0.25, -0.2) is 4.79 Å². The van der Waals surface area contributed by atoms with Crippen LogP contribution in [0.2, 0.25) is 0 Å². The summed E-state index contributed by atoms with van der Waals surface area (Å²) in [6, 6.07) is 9.80. The van der Waals surface area contributed by atoms with Crippen molar-refractivity contribution in [3.05, 3.63) is 64.2 Å². The zero-order valence-corrected chi connectivity index (χ0v) is 27.0. The summed E-state index contributed by atoms with van der Waals surface area (Å²) in [5.41, 5.74) is 4.62. The number of carbonyl (C=O) groups is 3. The molecule has 3 amide bonds. The smallest absolute Gasteiger partial charge is 0.408 e. The summed E-state index contributed by atoms with van der Waals surface area (Å²) in [4.78, 5) is 42.7. The van der Waals surface area contributed by atoms with E-state index in [1.165, 1.54) is 0 Å². The third-order valence-electron chi connectivity index (χ3n) is 7.19. The lowest BCUT2D eigenvalue weighted by Crippen LogP contribution is -2.53. The fourth-order valence-corrected chi connectivity index (χ4v) is 5.06. The van der Waals surface area contributed by atoms with E-state index in [0.29, 0.717) is 6.54 Å². The summed E-state index contributed by atoms with van der Waals surface area (Å²) < 4.78 is 5.42. The molecule has 2 unspecified atom stereocenters. The molecule has 0 aromatic heterocycles. The Hall–Kier alpha value is -3.00. The number of nitrogens with one attached hydrogen (secondary N) is 2. The van der Waals surface area contributed by atoms with E-state index in [4.69, 9.17) is 4.74 Å². The minimum atomic E-state index is -0.968. The van der Waals surface area contributed by atoms with Crippen LogP contribution in [0, 0.1) is 27.7 Å². The highest BCUT2D eigenvalue weighted by Gasteiger charge is 2.36. The molecule has 8 heteroatoms. The third-order valence-corrected chi connectivity index (χ3v) is 7.55. The van der Waals surface area contributed by atoms with Gasteiger partial charge in [-0.05, 0) is 82.7 Å². The van der Waals surface area contributed by atoms with Gasteiger partial charge in [0.05, 0.1) is 0 Å². The SMILES string of the molecule is CCCCCCCN(C(=O)C(CS)NC(=O)OC(C)(C)C)C(C(=O)Nc1c(C)cccc1C)c1cccc(C)c1C. The first-order chi connectivity index (χ1) is 19.3. The quantitative estimate of drug-likeness (QED) is 0.172. The molecule has 0 aliphatic rings. The summed E-state index contributed by atoms with van der Waals surface area (Å²) in [5, 5.41) is 5.83. The number of carbonyl (C=O) groups excluding carboxylic acids is 3. The Morgan fingerprint density at radius 2 is 1.49 bits per heavy atom. The van der Waals surface area contributed by atoms with Crippen LogP contribution in [0.3, 0.4) is 0 Å². The molecule has 0 saturated carbocycles. The highest BCUT2D eigenvalue weighted by atomic mass is 32.1. The molecule has 0 aliphatic carbocycles. The van der Waals surface area contributed by atoms with Crippen molar-refractivity contribution < 1.29 is 19.1 Å². The van der Waals surface area contributed by atoms with Crippen LogP contribution < -0.4 is 10.6 Å². The van der Waals surface area contributed by atoms with Crippen molar-refractivity contribution in [3.63, 3.8) is 0 Å². The van der Waals surface area contributed by atoms with Crippen LogP contribution in [0.1, 0.15) is 93.7 Å². The van der Waals surface area contributed by atoms with Crippen LogP contribution >= 0.6 is 12.6 Å². The van der Waals surface area contributed by atoms with Gasteiger partial charge in [-0.1, -0.05) is 69.0 Å². The Morgan fingerprint density at radius 1 is 0.902 bits per heavy atom. The summed E-state index contributed by atoms with van der Waals surface area (Å²) in [6.45, 7) is 15.7.